The number of nitrogens with zero attached hydrogens (tertiary/aromatic N) is 1. The van der Waals surface area contributed by atoms with Crippen LogP contribution < -0.4 is 14.4 Å². The molecule has 0 unspecified atom stereocenters. The number of ether oxygens (including phenoxy) is 1. The summed E-state index contributed by atoms with van der Waals surface area (Å²) in [6, 6.07) is 20.6. The van der Waals surface area contributed by atoms with Crippen molar-refractivity contribution in [3.8, 4) is 11.5 Å². The van der Waals surface area contributed by atoms with Gasteiger partial charge in [0.2, 0.25) is 15.9 Å². The van der Waals surface area contributed by atoms with Crippen molar-refractivity contribution in [2.45, 2.75) is 0 Å². The quantitative estimate of drug-likeness (QED) is 0.469. The van der Waals surface area contributed by atoms with Gasteiger partial charge in [-0.3, -0.25) is 9.10 Å². The first-order chi connectivity index (χ1) is 14.2. The number of hydrogen-bond donors (Lipinski definition) is 1. The molecule has 0 aliphatic heterocycles. The summed E-state index contributed by atoms with van der Waals surface area (Å²) in [4.78, 5) is 12.7. The lowest BCUT2D eigenvalue weighted by Crippen LogP contribution is -2.37. The van der Waals surface area contributed by atoms with E-state index in [1.54, 1.807) is 54.6 Å². The lowest BCUT2D eigenvalue weighted by atomic mass is 10.2. The molecule has 0 heterocycles. The summed E-state index contributed by atoms with van der Waals surface area (Å²) in [5.74, 6) is 0.420. The van der Waals surface area contributed by atoms with Gasteiger partial charge in [0.15, 0.2) is 5.75 Å². The maximum Gasteiger partial charge on any atom is 0.245 e. The lowest BCUT2D eigenvalue weighted by molar-refractivity contribution is -0.114. The van der Waals surface area contributed by atoms with E-state index >= 15 is 0 Å². The first-order valence-electron chi connectivity index (χ1n) is 8.78. The van der Waals surface area contributed by atoms with Crippen LogP contribution in [0.25, 0.3) is 0 Å². The smallest absolute Gasteiger partial charge is 0.245 e. The van der Waals surface area contributed by atoms with Crippen molar-refractivity contribution >= 4 is 54.8 Å². The zero-order valence-electron chi connectivity index (χ0n) is 15.9. The van der Waals surface area contributed by atoms with Crippen LogP contribution >= 0.6 is 27.5 Å². The minimum absolute atomic E-state index is 0.330. The number of carbonyl (C=O) groups excluding carboxylic acids is 1. The van der Waals surface area contributed by atoms with Crippen molar-refractivity contribution in [3.05, 3.63) is 82.3 Å². The predicted molar refractivity (Wildman–Crippen MR) is 123 cm³/mol. The predicted octanol–water partition coefficient (Wildman–Crippen LogP) is 5.30. The molecule has 3 rings (SSSR count). The third kappa shape index (κ3) is 5.75. The molecule has 0 radical (unpaired) electrons. The van der Waals surface area contributed by atoms with Crippen molar-refractivity contribution in [2.24, 2.45) is 0 Å². The van der Waals surface area contributed by atoms with Gasteiger partial charge in [-0.1, -0.05) is 41.9 Å². The second kappa shape index (κ2) is 9.51. The number of halogens is 2. The van der Waals surface area contributed by atoms with E-state index in [0.29, 0.717) is 32.4 Å². The molecule has 30 heavy (non-hydrogen) atoms. The lowest BCUT2D eigenvalue weighted by Gasteiger charge is -2.23. The van der Waals surface area contributed by atoms with Crippen molar-refractivity contribution in [1.29, 1.82) is 0 Å². The monoisotopic (exact) mass is 508 g/mol. The number of rotatable bonds is 7. The Hall–Kier alpha value is -2.55. The molecule has 6 nitrogen and oxygen atoms in total. The summed E-state index contributed by atoms with van der Waals surface area (Å²) < 4.78 is 32.0. The first-order valence-corrected chi connectivity index (χ1v) is 11.8. The number of carbonyl (C=O) groups is 1. The minimum Gasteiger partial charge on any atom is -0.455 e. The highest BCUT2D eigenvalue weighted by molar-refractivity contribution is 9.10. The van der Waals surface area contributed by atoms with Crippen molar-refractivity contribution < 1.29 is 17.9 Å². The van der Waals surface area contributed by atoms with Gasteiger partial charge in [0.05, 0.1) is 17.6 Å². The van der Waals surface area contributed by atoms with Gasteiger partial charge in [-0.05, 0) is 58.4 Å². The van der Waals surface area contributed by atoms with Crippen LogP contribution in [0.15, 0.2) is 77.3 Å². The van der Waals surface area contributed by atoms with Gasteiger partial charge in [0, 0.05) is 9.50 Å². The first kappa shape index (κ1) is 22.1. The average Bonchev–Trinajstić information content (AvgIpc) is 2.69. The van der Waals surface area contributed by atoms with E-state index in [2.05, 4.69) is 21.2 Å². The molecular weight excluding hydrogens is 492 g/mol. The molecule has 0 aliphatic rings. The third-order valence-electron chi connectivity index (χ3n) is 4.00. The van der Waals surface area contributed by atoms with E-state index in [9.17, 15) is 13.2 Å². The molecule has 0 fully saturated rings. The Morgan fingerprint density at radius 1 is 1.07 bits per heavy atom. The summed E-state index contributed by atoms with van der Waals surface area (Å²) in [7, 11) is -3.71. The largest absolute Gasteiger partial charge is 0.455 e. The van der Waals surface area contributed by atoms with Gasteiger partial charge in [-0.2, -0.15) is 0 Å². The normalized spacial score (nSPS) is 11.0. The van der Waals surface area contributed by atoms with Crippen LogP contribution in [0.1, 0.15) is 0 Å². The van der Waals surface area contributed by atoms with Crippen LogP contribution in [0.4, 0.5) is 11.4 Å². The molecule has 1 amide bonds. The van der Waals surface area contributed by atoms with Gasteiger partial charge in [-0.15, -0.1) is 0 Å². The van der Waals surface area contributed by atoms with E-state index in [1.807, 2.05) is 18.2 Å². The molecule has 0 bridgehead atoms. The van der Waals surface area contributed by atoms with Crippen LogP contribution in [-0.2, 0) is 14.8 Å². The fourth-order valence-electron chi connectivity index (χ4n) is 2.66. The van der Waals surface area contributed by atoms with Gasteiger partial charge >= 0.3 is 0 Å². The van der Waals surface area contributed by atoms with Crippen molar-refractivity contribution in [2.75, 3.05) is 22.4 Å². The average molecular weight is 510 g/mol. The Bertz CT molecular complexity index is 1160. The Morgan fingerprint density at radius 3 is 2.40 bits per heavy atom. The number of benzene rings is 3. The van der Waals surface area contributed by atoms with Crippen LogP contribution in [0.5, 0.6) is 11.5 Å². The third-order valence-corrected chi connectivity index (χ3v) is 6.03. The number of amides is 1. The van der Waals surface area contributed by atoms with Gasteiger partial charge in [-0.25, -0.2) is 8.42 Å². The fourth-order valence-corrected chi connectivity index (χ4v) is 4.32. The molecule has 156 valence electrons. The highest BCUT2D eigenvalue weighted by atomic mass is 79.9. The van der Waals surface area contributed by atoms with E-state index in [4.69, 9.17) is 16.3 Å². The molecule has 0 spiro atoms. The molecule has 0 aromatic heterocycles. The number of sulfonamides is 1. The number of para-hydroxylation sites is 2. The van der Waals surface area contributed by atoms with Crippen molar-refractivity contribution in [3.63, 3.8) is 0 Å². The molecule has 0 atom stereocenters. The molecule has 3 aromatic rings. The standard InChI is InChI=1S/C21H18BrClN2O4S/c1-30(27,28)25(19-10-6-5-9-17(19)22)14-21(26)24-18-13-15(23)11-12-20(18)29-16-7-3-2-4-8-16/h2-13H,14H2,1H3,(H,24,26). The zero-order chi connectivity index (χ0) is 21.7. The molecular formula is C21H18BrClN2O4S. The topological polar surface area (TPSA) is 75.7 Å². The van der Waals surface area contributed by atoms with Crippen molar-refractivity contribution in [1.82, 2.24) is 0 Å². The van der Waals surface area contributed by atoms with E-state index in [1.165, 1.54) is 0 Å². The molecule has 3 aromatic carbocycles. The fraction of sp³-hybridized carbons (Fsp3) is 0.0952. The van der Waals surface area contributed by atoms with Gasteiger partial charge < -0.3 is 10.1 Å². The molecule has 0 saturated carbocycles. The summed E-state index contributed by atoms with van der Waals surface area (Å²) in [6.45, 7) is -0.418. The summed E-state index contributed by atoms with van der Waals surface area (Å²) in [5, 5.41) is 3.09. The molecule has 9 heteroatoms. The highest BCUT2D eigenvalue weighted by Crippen LogP contribution is 2.32. The maximum atomic E-state index is 12.7. The summed E-state index contributed by atoms with van der Waals surface area (Å²) in [6.07, 6.45) is 1.04. The number of nitrogens with one attached hydrogen (secondary N) is 1. The van der Waals surface area contributed by atoms with E-state index in [0.717, 1.165) is 10.6 Å². The van der Waals surface area contributed by atoms with E-state index < -0.39 is 22.5 Å². The Balaban J connectivity index is 1.84. The highest BCUT2D eigenvalue weighted by Gasteiger charge is 2.23. The second-order valence-electron chi connectivity index (χ2n) is 6.32. The van der Waals surface area contributed by atoms with E-state index in [-0.39, 0.29) is 0 Å². The van der Waals surface area contributed by atoms with Crippen LogP contribution in [0.3, 0.4) is 0 Å². The van der Waals surface area contributed by atoms with Crippen LogP contribution in [0, 0.1) is 0 Å². The number of anilines is 2. The summed E-state index contributed by atoms with van der Waals surface area (Å²) >= 11 is 9.41. The maximum absolute atomic E-state index is 12.7. The van der Waals surface area contributed by atoms with Crippen LogP contribution in [0.2, 0.25) is 5.02 Å². The SMILES string of the molecule is CS(=O)(=O)N(CC(=O)Nc1cc(Cl)ccc1Oc1ccccc1)c1ccccc1Br. The number of hydrogen-bond acceptors (Lipinski definition) is 4. The van der Waals surface area contributed by atoms with Gasteiger partial charge in [0.25, 0.3) is 0 Å². The van der Waals surface area contributed by atoms with Gasteiger partial charge in [0.1, 0.15) is 12.3 Å². The second-order valence-corrected chi connectivity index (χ2v) is 9.52. The Labute approximate surface area is 188 Å². The van der Waals surface area contributed by atoms with Crippen LogP contribution in [-0.4, -0.2) is 27.1 Å². The minimum atomic E-state index is -3.71. The summed E-state index contributed by atoms with van der Waals surface area (Å²) in [5.41, 5.74) is 0.693. The molecule has 1 N–H and O–H groups in total. The Morgan fingerprint density at radius 2 is 1.73 bits per heavy atom. The molecule has 0 aliphatic carbocycles. The molecule has 0 saturated heterocycles. The zero-order valence-corrected chi connectivity index (χ0v) is 19.0. The Kier molecular flexibility index (Phi) is 7.02.